The molecule has 1 saturated heterocycles. The molecule has 2 aromatic heterocycles. The number of carbonyl (C=O) groups is 1. The summed E-state index contributed by atoms with van der Waals surface area (Å²) in [6.07, 6.45) is 5.89. The lowest BCUT2D eigenvalue weighted by Gasteiger charge is -2.40. The van der Waals surface area contributed by atoms with Crippen LogP contribution in [-0.2, 0) is 13.0 Å². The van der Waals surface area contributed by atoms with E-state index in [1.165, 1.54) is 23.0 Å². The minimum absolute atomic E-state index is 0.00675. The first kappa shape index (κ1) is 23.6. The molecule has 1 aliphatic heterocycles. The molecule has 180 valence electrons. The summed E-state index contributed by atoms with van der Waals surface area (Å²) in [7, 11) is 1.87. The Hall–Kier alpha value is -3.16. The topological polar surface area (TPSA) is 49.3 Å². The number of rotatable bonds is 7. The number of hydrogen-bond donors (Lipinski definition) is 0. The standard InChI is InChI=1S/C28H29FN4OS/c1-32(28(34)23-10-15-35-19-23)27(17-22-4-2-3-5-24(22)29)21-8-13-33(14-9-21)18-20-6-7-25-26(16-20)31-12-11-30-25/h2-7,10-12,15-16,19,21,27H,8-9,13-14,17-18H2,1H3/t27-/m0/s1. The summed E-state index contributed by atoms with van der Waals surface area (Å²) < 4.78 is 14.6. The second-order valence-corrected chi connectivity index (χ2v) is 10.1. The summed E-state index contributed by atoms with van der Waals surface area (Å²) in [5.74, 6) is 0.110. The molecule has 1 amide bonds. The largest absolute Gasteiger partial charge is 0.338 e. The minimum atomic E-state index is -0.203. The first-order valence-electron chi connectivity index (χ1n) is 12.0. The Morgan fingerprint density at radius 2 is 1.89 bits per heavy atom. The highest BCUT2D eigenvalue weighted by Gasteiger charge is 2.32. The second kappa shape index (κ2) is 10.6. The van der Waals surface area contributed by atoms with Gasteiger partial charge in [0.15, 0.2) is 0 Å². The Kier molecular flexibility index (Phi) is 7.16. The van der Waals surface area contributed by atoms with Crippen LogP contribution < -0.4 is 0 Å². The van der Waals surface area contributed by atoms with Crippen molar-refractivity contribution in [2.75, 3.05) is 20.1 Å². The molecule has 5 rings (SSSR count). The van der Waals surface area contributed by atoms with E-state index in [1.54, 1.807) is 18.5 Å². The average Bonchev–Trinajstić information content (AvgIpc) is 3.43. The Balaban J connectivity index is 1.29. The first-order valence-corrected chi connectivity index (χ1v) is 13.0. The Morgan fingerprint density at radius 3 is 2.63 bits per heavy atom. The summed E-state index contributed by atoms with van der Waals surface area (Å²) in [6, 6.07) is 15.0. The molecule has 7 heteroatoms. The molecule has 2 aromatic carbocycles. The fourth-order valence-corrected chi connectivity index (χ4v) is 5.74. The van der Waals surface area contributed by atoms with Gasteiger partial charge < -0.3 is 4.90 Å². The maximum Gasteiger partial charge on any atom is 0.254 e. The Labute approximate surface area is 209 Å². The minimum Gasteiger partial charge on any atom is -0.338 e. The third-order valence-corrected chi connectivity index (χ3v) is 7.77. The SMILES string of the molecule is CN(C(=O)c1ccsc1)[C@@H](Cc1ccccc1F)C1CCN(Cc2ccc3nccnc3c2)CC1. The molecule has 0 radical (unpaired) electrons. The molecule has 0 aliphatic carbocycles. The summed E-state index contributed by atoms with van der Waals surface area (Å²) in [5.41, 5.74) is 4.42. The van der Waals surface area contributed by atoms with E-state index < -0.39 is 0 Å². The molecule has 1 fully saturated rings. The lowest BCUT2D eigenvalue weighted by molar-refractivity contribution is 0.0584. The molecule has 0 saturated carbocycles. The van der Waals surface area contributed by atoms with Gasteiger partial charge in [-0.15, -0.1) is 0 Å². The van der Waals surface area contributed by atoms with Gasteiger partial charge in [0.1, 0.15) is 5.82 Å². The van der Waals surface area contributed by atoms with Crippen molar-refractivity contribution in [1.82, 2.24) is 19.8 Å². The number of piperidine rings is 1. The van der Waals surface area contributed by atoms with Gasteiger partial charge in [0.25, 0.3) is 5.91 Å². The van der Waals surface area contributed by atoms with Crippen molar-refractivity contribution >= 4 is 28.3 Å². The van der Waals surface area contributed by atoms with Gasteiger partial charge in [0.05, 0.1) is 16.6 Å². The van der Waals surface area contributed by atoms with Crippen molar-refractivity contribution in [3.05, 3.63) is 94.2 Å². The van der Waals surface area contributed by atoms with Crippen LogP contribution in [0.15, 0.2) is 71.7 Å². The molecule has 0 spiro atoms. The lowest BCUT2D eigenvalue weighted by Crippen LogP contribution is -2.47. The van der Waals surface area contributed by atoms with Crippen molar-refractivity contribution in [3.8, 4) is 0 Å². The van der Waals surface area contributed by atoms with Crippen molar-refractivity contribution in [3.63, 3.8) is 0 Å². The zero-order valence-corrected chi connectivity index (χ0v) is 20.6. The normalized spacial score (nSPS) is 15.8. The number of likely N-dealkylation sites (tertiary alicyclic amines) is 1. The fourth-order valence-electron chi connectivity index (χ4n) is 5.11. The number of hydrogen-bond acceptors (Lipinski definition) is 5. The van der Waals surface area contributed by atoms with E-state index in [1.807, 2.05) is 47.0 Å². The molecule has 5 nitrogen and oxygen atoms in total. The number of fused-ring (bicyclic) bond motifs is 1. The Bertz CT molecular complexity index is 1290. The number of likely N-dealkylation sites (N-methyl/N-ethyl adjacent to an activating group) is 1. The van der Waals surface area contributed by atoms with Gasteiger partial charge in [-0.05, 0) is 79.0 Å². The van der Waals surface area contributed by atoms with Crippen LogP contribution in [0.5, 0.6) is 0 Å². The molecule has 35 heavy (non-hydrogen) atoms. The van der Waals surface area contributed by atoms with E-state index in [2.05, 4.69) is 27.0 Å². The van der Waals surface area contributed by atoms with Gasteiger partial charge >= 0.3 is 0 Å². The van der Waals surface area contributed by atoms with Gasteiger partial charge in [-0.25, -0.2) is 4.39 Å². The quantitative estimate of drug-likeness (QED) is 0.348. The van der Waals surface area contributed by atoms with Crippen molar-refractivity contribution < 1.29 is 9.18 Å². The van der Waals surface area contributed by atoms with Crippen molar-refractivity contribution in [1.29, 1.82) is 0 Å². The van der Waals surface area contributed by atoms with Gasteiger partial charge in [-0.2, -0.15) is 11.3 Å². The number of halogens is 1. The fraction of sp³-hybridized carbons (Fsp3) is 0.321. The molecule has 1 atom stereocenters. The molecular weight excluding hydrogens is 459 g/mol. The van der Waals surface area contributed by atoms with Gasteiger partial charge in [-0.3, -0.25) is 19.7 Å². The van der Waals surface area contributed by atoms with Crippen LogP contribution in [0.1, 0.15) is 34.3 Å². The van der Waals surface area contributed by atoms with Crippen LogP contribution in [0.3, 0.4) is 0 Å². The number of benzene rings is 2. The maximum absolute atomic E-state index is 14.6. The van der Waals surface area contributed by atoms with Gasteiger partial charge in [0.2, 0.25) is 0 Å². The highest BCUT2D eigenvalue weighted by atomic mass is 32.1. The molecule has 1 aliphatic rings. The van der Waals surface area contributed by atoms with Gasteiger partial charge in [-0.1, -0.05) is 24.3 Å². The summed E-state index contributed by atoms with van der Waals surface area (Å²) in [5, 5.41) is 3.80. The highest BCUT2D eigenvalue weighted by Crippen LogP contribution is 2.29. The lowest BCUT2D eigenvalue weighted by atomic mass is 9.84. The number of amides is 1. The predicted molar refractivity (Wildman–Crippen MR) is 138 cm³/mol. The molecule has 0 N–H and O–H groups in total. The van der Waals surface area contributed by atoms with E-state index in [0.717, 1.165) is 43.5 Å². The van der Waals surface area contributed by atoms with E-state index in [0.29, 0.717) is 23.5 Å². The van der Waals surface area contributed by atoms with Crippen LogP contribution in [0.2, 0.25) is 0 Å². The van der Waals surface area contributed by atoms with E-state index in [9.17, 15) is 9.18 Å². The van der Waals surface area contributed by atoms with E-state index in [4.69, 9.17) is 0 Å². The average molecular weight is 489 g/mol. The summed E-state index contributed by atoms with van der Waals surface area (Å²) in [4.78, 5) is 26.3. The highest BCUT2D eigenvalue weighted by molar-refractivity contribution is 7.08. The Morgan fingerprint density at radius 1 is 1.11 bits per heavy atom. The molecule has 3 heterocycles. The van der Waals surface area contributed by atoms with Crippen molar-refractivity contribution in [2.24, 2.45) is 5.92 Å². The van der Waals surface area contributed by atoms with Crippen LogP contribution in [0, 0.1) is 11.7 Å². The van der Waals surface area contributed by atoms with Crippen LogP contribution in [-0.4, -0.2) is 51.9 Å². The summed E-state index contributed by atoms with van der Waals surface area (Å²) >= 11 is 1.52. The van der Waals surface area contributed by atoms with Gasteiger partial charge in [0, 0.05) is 37.4 Å². The maximum atomic E-state index is 14.6. The molecular formula is C28H29FN4OS. The zero-order chi connectivity index (χ0) is 24.2. The van der Waals surface area contributed by atoms with Crippen molar-refractivity contribution in [2.45, 2.75) is 31.8 Å². The third kappa shape index (κ3) is 5.41. The molecule has 0 bridgehead atoms. The van der Waals surface area contributed by atoms with Crippen LogP contribution in [0.4, 0.5) is 4.39 Å². The van der Waals surface area contributed by atoms with E-state index >= 15 is 0 Å². The number of aromatic nitrogens is 2. The van der Waals surface area contributed by atoms with Crippen LogP contribution in [0.25, 0.3) is 11.0 Å². The molecule has 0 unspecified atom stereocenters. The number of carbonyl (C=O) groups excluding carboxylic acids is 1. The zero-order valence-electron chi connectivity index (χ0n) is 19.8. The number of nitrogens with zero attached hydrogens (tertiary/aromatic N) is 4. The second-order valence-electron chi connectivity index (χ2n) is 9.28. The smallest absolute Gasteiger partial charge is 0.254 e. The predicted octanol–water partition coefficient (Wildman–Crippen LogP) is 5.43. The number of thiophene rings is 1. The van der Waals surface area contributed by atoms with E-state index in [-0.39, 0.29) is 17.8 Å². The monoisotopic (exact) mass is 488 g/mol. The molecule has 4 aromatic rings. The third-order valence-electron chi connectivity index (χ3n) is 7.09. The summed E-state index contributed by atoms with van der Waals surface area (Å²) in [6.45, 7) is 2.75. The van der Waals surface area contributed by atoms with Crippen LogP contribution >= 0.6 is 11.3 Å². The first-order chi connectivity index (χ1) is 17.1.